The zero-order valence-electron chi connectivity index (χ0n) is 22.1. The molecule has 0 aliphatic carbocycles. The maximum absolute atomic E-state index is 6.17. The number of unbranched alkanes of at least 4 members (excludes halogenated alkanes) is 10. The Morgan fingerprint density at radius 1 is 0.472 bits per heavy atom. The van der Waals surface area contributed by atoms with Gasteiger partial charge in [-0.05, 0) is 29.7 Å². The molecule has 0 fully saturated rings. The van der Waals surface area contributed by atoms with Crippen LogP contribution < -0.4 is 14.2 Å². The Morgan fingerprint density at radius 2 is 1.00 bits per heavy atom. The predicted octanol–water partition coefficient (Wildman–Crippen LogP) is 9.53. The van der Waals surface area contributed by atoms with Crippen molar-refractivity contribution in [2.45, 2.75) is 90.8 Å². The lowest BCUT2D eigenvalue weighted by atomic mass is 10.1. The summed E-state index contributed by atoms with van der Waals surface area (Å²) in [7, 11) is 0. The summed E-state index contributed by atoms with van der Waals surface area (Å²) in [5.74, 6) is 2.29. The molecule has 0 atom stereocenters. The topological polar surface area (TPSA) is 27.7 Å². The molecular weight excluding hydrogens is 444 g/mol. The monoisotopic (exact) mass is 488 g/mol. The summed E-state index contributed by atoms with van der Waals surface area (Å²) < 4.78 is 18.3. The molecule has 3 nitrogen and oxygen atoms in total. The van der Waals surface area contributed by atoms with Gasteiger partial charge in [-0.15, -0.1) is 0 Å². The van der Waals surface area contributed by atoms with E-state index < -0.39 is 0 Å². The first-order valence-electron chi connectivity index (χ1n) is 14.0. The molecule has 0 saturated carbocycles. The second-order valence-electron chi connectivity index (χ2n) is 9.54. The highest BCUT2D eigenvalue weighted by Crippen LogP contribution is 2.33. The largest absolute Gasteiger partial charge is 0.490 e. The van der Waals surface area contributed by atoms with Crippen molar-refractivity contribution in [2.24, 2.45) is 0 Å². The van der Waals surface area contributed by atoms with Crippen molar-refractivity contribution in [3.8, 4) is 17.2 Å². The van der Waals surface area contributed by atoms with Gasteiger partial charge < -0.3 is 14.2 Å². The minimum atomic E-state index is 0.498. The molecule has 3 rings (SSSR count). The van der Waals surface area contributed by atoms with Gasteiger partial charge in [0, 0.05) is 6.07 Å². The van der Waals surface area contributed by atoms with E-state index in [1.54, 1.807) is 0 Å². The quantitative estimate of drug-likeness (QED) is 0.157. The second-order valence-corrected chi connectivity index (χ2v) is 9.54. The molecular formula is C33H44O3. The van der Waals surface area contributed by atoms with Crippen LogP contribution in [0.4, 0.5) is 0 Å². The van der Waals surface area contributed by atoms with Crippen molar-refractivity contribution in [2.75, 3.05) is 6.61 Å². The van der Waals surface area contributed by atoms with E-state index >= 15 is 0 Å². The summed E-state index contributed by atoms with van der Waals surface area (Å²) in [5.41, 5.74) is 2.27. The molecule has 36 heavy (non-hydrogen) atoms. The first-order valence-corrected chi connectivity index (χ1v) is 14.0. The maximum Gasteiger partial charge on any atom is 0.165 e. The minimum Gasteiger partial charge on any atom is -0.490 e. The van der Waals surface area contributed by atoms with Gasteiger partial charge in [0.1, 0.15) is 19.0 Å². The van der Waals surface area contributed by atoms with Crippen molar-refractivity contribution in [3.05, 3.63) is 90.0 Å². The van der Waals surface area contributed by atoms with Crippen molar-refractivity contribution in [3.63, 3.8) is 0 Å². The maximum atomic E-state index is 6.17. The Labute approximate surface area is 218 Å². The standard InChI is InChI=1S/C33H44O3/c1-2-3-4-5-6-7-8-9-10-11-18-25-34-32-24-23-31(35-27-29-19-14-12-15-20-29)26-33(32)36-28-30-21-16-13-17-22-30/h12-17,19-24,26H,2-11,18,25,27-28H2,1H3. The third kappa shape index (κ3) is 11.2. The minimum absolute atomic E-state index is 0.498. The molecule has 0 radical (unpaired) electrons. The van der Waals surface area contributed by atoms with Crippen LogP contribution in [0.5, 0.6) is 17.2 Å². The van der Waals surface area contributed by atoms with E-state index in [1.807, 2.05) is 54.6 Å². The van der Waals surface area contributed by atoms with Crippen LogP contribution in [0.3, 0.4) is 0 Å². The Balaban J connectivity index is 1.42. The SMILES string of the molecule is CCCCCCCCCCCCCOc1ccc(OCc2ccccc2)cc1OCc1ccccc1. The average molecular weight is 489 g/mol. The zero-order chi connectivity index (χ0) is 25.1. The molecule has 0 N–H and O–H groups in total. The van der Waals surface area contributed by atoms with E-state index in [-0.39, 0.29) is 0 Å². The second kappa shape index (κ2) is 17.5. The van der Waals surface area contributed by atoms with Crippen LogP contribution in [0.2, 0.25) is 0 Å². The van der Waals surface area contributed by atoms with E-state index in [2.05, 4.69) is 31.2 Å². The lowest BCUT2D eigenvalue weighted by molar-refractivity contribution is 0.252. The summed E-state index contributed by atoms with van der Waals surface area (Å²) in [6.07, 6.45) is 14.6. The molecule has 0 heterocycles. The number of benzene rings is 3. The number of ether oxygens (including phenoxy) is 3. The Kier molecular flexibility index (Phi) is 13.4. The van der Waals surface area contributed by atoms with E-state index in [0.717, 1.165) is 34.8 Å². The van der Waals surface area contributed by atoms with Gasteiger partial charge >= 0.3 is 0 Å². The zero-order valence-corrected chi connectivity index (χ0v) is 22.1. The molecule has 0 amide bonds. The van der Waals surface area contributed by atoms with Crippen LogP contribution >= 0.6 is 0 Å². The van der Waals surface area contributed by atoms with Gasteiger partial charge in [0.05, 0.1) is 6.61 Å². The Hall–Kier alpha value is -2.94. The fraction of sp³-hybridized carbons (Fsp3) is 0.455. The summed E-state index contributed by atoms with van der Waals surface area (Å²) in [5, 5.41) is 0. The Bertz CT molecular complexity index is 940. The lowest BCUT2D eigenvalue weighted by Gasteiger charge is -2.15. The molecule has 3 aromatic carbocycles. The third-order valence-corrected chi connectivity index (χ3v) is 6.41. The van der Waals surface area contributed by atoms with Crippen molar-refractivity contribution < 1.29 is 14.2 Å². The van der Waals surface area contributed by atoms with Gasteiger partial charge in [-0.3, -0.25) is 0 Å². The molecule has 0 unspecified atom stereocenters. The van der Waals surface area contributed by atoms with E-state index in [9.17, 15) is 0 Å². The first kappa shape index (κ1) is 27.6. The highest BCUT2D eigenvalue weighted by Gasteiger charge is 2.09. The molecule has 194 valence electrons. The normalized spacial score (nSPS) is 10.8. The molecule has 0 bridgehead atoms. The average Bonchev–Trinajstić information content (AvgIpc) is 2.93. The van der Waals surface area contributed by atoms with Crippen LogP contribution in [0.15, 0.2) is 78.9 Å². The van der Waals surface area contributed by atoms with Crippen LogP contribution in [0.1, 0.15) is 88.7 Å². The van der Waals surface area contributed by atoms with E-state index in [0.29, 0.717) is 19.8 Å². The van der Waals surface area contributed by atoms with Gasteiger partial charge in [0.15, 0.2) is 11.5 Å². The molecule has 0 spiro atoms. The van der Waals surface area contributed by atoms with Crippen LogP contribution in [-0.4, -0.2) is 6.61 Å². The molecule has 0 aromatic heterocycles. The Morgan fingerprint density at radius 3 is 1.58 bits per heavy atom. The van der Waals surface area contributed by atoms with Crippen molar-refractivity contribution >= 4 is 0 Å². The molecule has 0 aliphatic heterocycles. The van der Waals surface area contributed by atoms with Crippen molar-refractivity contribution in [1.82, 2.24) is 0 Å². The van der Waals surface area contributed by atoms with Gasteiger partial charge in [0.25, 0.3) is 0 Å². The summed E-state index contributed by atoms with van der Waals surface area (Å²) in [6, 6.07) is 26.3. The van der Waals surface area contributed by atoms with Crippen molar-refractivity contribution in [1.29, 1.82) is 0 Å². The van der Waals surface area contributed by atoms with Gasteiger partial charge in [-0.25, -0.2) is 0 Å². The summed E-state index contributed by atoms with van der Waals surface area (Å²) in [6.45, 7) is 4.01. The van der Waals surface area contributed by atoms with Crippen LogP contribution in [0.25, 0.3) is 0 Å². The third-order valence-electron chi connectivity index (χ3n) is 6.41. The van der Waals surface area contributed by atoms with Crippen LogP contribution in [-0.2, 0) is 13.2 Å². The molecule has 0 aliphatic rings. The number of hydrogen-bond donors (Lipinski definition) is 0. The lowest BCUT2D eigenvalue weighted by Crippen LogP contribution is -2.03. The highest BCUT2D eigenvalue weighted by atomic mass is 16.5. The van der Waals surface area contributed by atoms with Gasteiger partial charge in [-0.2, -0.15) is 0 Å². The smallest absolute Gasteiger partial charge is 0.165 e. The summed E-state index contributed by atoms with van der Waals surface area (Å²) in [4.78, 5) is 0. The molecule has 0 saturated heterocycles. The van der Waals surface area contributed by atoms with Gasteiger partial charge in [0.2, 0.25) is 0 Å². The van der Waals surface area contributed by atoms with Crippen LogP contribution in [0, 0.1) is 0 Å². The fourth-order valence-corrected chi connectivity index (χ4v) is 4.23. The summed E-state index contributed by atoms with van der Waals surface area (Å²) >= 11 is 0. The number of rotatable bonds is 19. The molecule has 3 heteroatoms. The van der Waals surface area contributed by atoms with E-state index in [4.69, 9.17) is 14.2 Å². The van der Waals surface area contributed by atoms with Gasteiger partial charge in [-0.1, -0.05) is 132 Å². The highest BCUT2D eigenvalue weighted by molar-refractivity contribution is 5.45. The first-order chi connectivity index (χ1) is 17.8. The fourth-order valence-electron chi connectivity index (χ4n) is 4.23. The van der Waals surface area contributed by atoms with E-state index in [1.165, 1.54) is 64.2 Å². The molecule has 3 aromatic rings. The number of hydrogen-bond acceptors (Lipinski definition) is 3. The predicted molar refractivity (Wildman–Crippen MR) is 150 cm³/mol.